The van der Waals surface area contributed by atoms with E-state index in [0.717, 1.165) is 12.1 Å². The van der Waals surface area contributed by atoms with Gasteiger partial charge in [0.05, 0.1) is 5.02 Å². The maximum absolute atomic E-state index is 13.1. The molecular formula is C17H18ClFN2S. The van der Waals surface area contributed by atoms with E-state index in [2.05, 4.69) is 29.7 Å². The number of anilines is 2. The number of rotatable bonds is 5. The molecule has 22 heavy (non-hydrogen) atoms. The molecule has 0 saturated carbocycles. The van der Waals surface area contributed by atoms with Crippen LogP contribution in [0.3, 0.4) is 0 Å². The number of benzene rings is 2. The van der Waals surface area contributed by atoms with Crippen LogP contribution < -0.4 is 10.6 Å². The molecule has 0 aliphatic carbocycles. The Hall–Kier alpha value is -1.65. The number of thiocarbonyl (C=S) groups is 1. The second-order valence-corrected chi connectivity index (χ2v) is 5.82. The largest absolute Gasteiger partial charge is 0.332 e. The fraction of sp³-hybridized carbons (Fsp3) is 0.235. The first-order valence-electron chi connectivity index (χ1n) is 7.20. The van der Waals surface area contributed by atoms with Crippen molar-refractivity contribution in [2.45, 2.75) is 26.2 Å². The molecule has 0 atom stereocenters. The summed E-state index contributed by atoms with van der Waals surface area (Å²) in [5.41, 5.74) is 2.87. The number of hydrogen-bond donors (Lipinski definition) is 2. The standard InChI is InChI=1S/C17H18ClFN2S/c1-2-3-4-12-5-7-13(8-6-12)20-17(22)21-14-9-10-16(19)15(18)11-14/h5-11H,2-4H2,1H3,(H2,20,21,22). The van der Waals surface area contributed by atoms with Crippen molar-refractivity contribution in [3.63, 3.8) is 0 Å². The highest BCUT2D eigenvalue weighted by Gasteiger charge is 2.03. The Morgan fingerprint density at radius 1 is 1.09 bits per heavy atom. The van der Waals surface area contributed by atoms with Gasteiger partial charge in [0.1, 0.15) is 5.82 Å². The molecule has 0 aliphatic heterocycles. The maximum Gasteiger partial charge on any atom is 0.175 e. The van der Waals surface area contributed by atoms with E-state index in [4.69, 9.17) is 23.8 Å². The monoisotopic (exact) mass is 336 g/mol. The fourth-order valence-corrected chi connectivity index (χ4v) is 2.42. The van der Waals surface area contributed by atoms with Crippen LogP contribution in [-0.4, -0.2) is 5.11 Å². The van der Waals surface area contributed by atoms with Gasteiger partial charge in [0, 0.05) is 11.4 Å². The Kier molecular flexibility index (Phi) is 6.16. The first kappa shape index (κ1) is 16.7. The Morgan fingerprint density at radius 3 is 2.36 bits per heavy atom. The fourth-order valence-electron chi connectivity index (χ4n) is 2.00. The third-order valence-corrected chi connectivity index (χ3v) is 3.70. The first-order chi connectivity index (χ1) is 10.6. The summed E-state index contributed by atoms with van der Waals surface area (Å²) in [6.45, 7) is 2.18. The van der Waals surface area contributed by atoms with Crippen LogP contribution in [0.1, 0.15) is 25.3 Å². The van der Waals surface area contributed by atoms with Gasteiger partial charge in [0.15, 0.2) is 5.11 Å². The zero-order chi connectivity index (χ0) is 15.9. The summed E-state index contributed by atoms with van der Waals surface area (Å²) in [6, 6.07) is 12.6. The third-order valence-electron chi connectivity index (χ3n) is 3.21. The van der Waals surface area contributed by atoms with E-state index in [1.165, 1.54) is 30.5 Å². The van der Waals surface area contributed by atoms with Gasteiger partial charge in [-0.05, 0) is 61.0 Å². The van der Waals surface area contributed by atoms with E-state index >= 15 is 0 Å². The number of hydrogen-bond acceptors (Lipinski definition) is 1. The van der Waals surface area contributed by atoms with E-state index in [-0.39, 0.29) is 5.02 Å². The number of halogens is 2. The van der Waals surface area contributed by atoms with Crippen LogP contribution in [-0.2, 0) is 6.42 Å². The summed E-state index contributed by atoms with van der Waals surface area (Å²) < 4.78 is 13.1. The molecule has 116 valence electrons. The number of aryl methyl sites for hydroxylation is 1. The van der Waals surface area contributed by atoms with E-state index in [1.807, 2.05) is 12.1 Å². The van der Waals surface area contributed by atoms with Crippen molar-refractivity contribution in [3.8, 4) is 0 Å². The Bertz CT molecular complexity index is 644. The highest BCUT2D eigenvalue weighted by Crippen LogP contribution is 2.19. The average Bonchev–Trinajstić information content (AvgIpc) is 2.50. The van der Waals surface area contributed by atoms with E-state index in [1.54, 1.807) is 6.07 Å². The topological polar surface area (TPSA) is 24.1 Å². The zero-order valence-corrected chi connectivity index (χ0v) is 13.9. The lowest BCUT2D eigenvalue weighted by Crippen LogP contribution is -2.19. The predicted molar refractivity (Wildman–Crippen MR) is 96.3 cm³/mol. The van der Waals surface area contributed by atoms with Crippen molar-refractivity contribution in [1.82, 2.24) is 0 Å². The van der Waals surface area contributed by atoms with Gasteiger partial charge < -0.3 is 10.6 Å². The molecule has 0 amide bonds. The molecule has 0 radical (unpaired) electrons. The lowest BCUT2D eigenvalue weighted by atomic mass is 10.1. The Morgan fingerprint density at radius 2 is 1.73 bits per heavy atom. The quantitative estimate of drug-likeness (QED) is 0.692. The smallest absolute Gasteiger partial charge is 0.175 e. The van der Waals surface area contributed by atoms with Crippen molar-refractivity contribution in [2.75, 3.05) is 10.6 Å². The van der Waals surface area contributed by atoms with Gasteiger partial charge in [-0.2, -0.15) is 0 Å². The molecule has 2 nitrogen and oxygen atoms in total. The van der Waals surface area contributed by atoms with Crippen molar-refractivity contribution >= 4 is 40.3 Å². The molecule has 0 aliphatic rings. The van der Waals surface area contributed by atoms with Gasteiger partial charge in [-0.15, -0.1) is 0 Å². The van der Waals surface area contributed by atoms with Gasteiger partial charge >= 0.3 is 0 Å². The molecule has 2 N–H and O–H groups in total. The molecule has 2 aromatic rings. The molecule has 0 saturated heterocycles. The minimum absolute atomic E-state index is 0.0630. The average molecular weight is 337 g/mol. The normalized spacial score (nSPS) is 10.3. The summed E-state index contributed by atoms with van der Waals surface area (Å²) in [5.74, 6) is -0.450. The summed E-state index contributed by atoms with van der Waals surface area (Å²) in [4.78, 5) is 0. The molecule has 0 aromatic heterocycles. The molecule has 0 unspecified atom stereocenters. The van der Waals surface area contributed by atoms with Crippen LogP contribution in [0.4, 0.5) is 15.8 Å². The molecule has 2 aromatic carbocycles. The first-order valence-corrected chi connectivity index (χ1v) is 7.99. The van der Waals surface area contributed by atoms with Crippen molar-refractivity contribution in [2.24, 2.45) is 0 Å². The summed E-state index contributed by atoms with van der Waals surface area (Å²) in [7, 11) is 0. The van der Waals surface area contributed by atoms with Crippen LogP contribution >= 0.6 is 23.8 Å². The van der Waals surface area contributed by atoms with Crippen LogP contribution in [0.25, 0.3) is 0 Å². The van der Waals surface area contributed by atoms with Gasteiger partial charge in [-0.1, -0.05) is 37.1 Å². The molecule has 0 bridgehead atoms. The highest BCUT2D eigenvalue weighted by atomic mass is 35.5. The van der Waals surface area contributed by atoms with E-state index in [9.17, 15) is 4.39 Å². The van der Waals surface area contributed by atoms with Gasteiger partial charge in [-0.25, -0.2) is 4.39 Å². The van der Waals surface area contributed by atoms with Crippen molar-refractivity contribution in [1.29, 1.82) is 0 Å². The van der Waals surface area contributed by atoms with E-state index < -0.39 is 5.82 Å². The maximum atomic E-state index is 13.1. The summed E-state index contributed by atoms with van der Waals surface area (Å²) in [6.07, 6.45) is 3.47. The molecule has 0 heterocycles. The van der Waals surface area contributed by atoms with Crippen LogP contribution in [0.2, 0.25) is 5.02 Å². The van der Waals surface area contributed by atoms with Crippen molar-refractivity contribution < 1.29 is 4.39 Å². The molecule has 5 heteroatoms. The van der Waals surface area contributed by atoms with Crippen LogP contribution in [0, 0.1) is 5.82 Å². The minimum Gasteiger partial charge on any atom is -0.332 e. The number of unbranched alkanes of at least 4 members (excludes halogenated alkanes) is 1. The van der Waals surface area contributed by atoms with Gasteiger partial charge in [0.25, 0.3) is 0 Å². The number of nitrogens with one attached hydrogen (secondary N) is 2. The zero-order valence-electron chi connectivity index (χ0n) is 12.3. The van der Waals surface area contributed by atoms with Gasteiger partial charge in [0.2, 0.25) is 0 Å². The predicted octanol–water partition coefficient (Wildman–Crippen LogP) is 5.63. The second kappa shape index (κ2) is 8.11. The van der Waals surface area contributed by atoms with E-state index in [0.29, 0.717) is 10.8 Å². The summed E-state index contributed by atoms with van der Waals surface area (Å²) >= 11 is 11.0. The van der Waals surface area contributed by atoms with Gasteiger partial charge in [-0.3, -0.25) is 0 Å². The Labute approximate surface area is 140 Å². The third kappa shape index (κ3) is 4.97. The molecule has 0 fully saturated rings. The lowest BCUT2D eigenvalue weighted by Gasteiger charge is -2.11. The van der Waals surface area contributed by atoms with Crippen LogP contribution in [0.15, 0.2) is 42.5 Å². The summed E-state index contributed by atoms with van der Waals surface area (Å²) in [5, 5.41) is 6.57. The highest BCUT2D eigenvalue weighted by molar-refractivity contribution is 7.80. The lowest BCUT2D eigenvalue weighted by molar-refractivity contribution is 0.628. The molecule has 2 rings (SSSR count). The molecular weight excluding hydrogens is 319 g/mol. The van der Waals surface area contributed by atoms with Crippen LogP contribution in [0.5, 0.6) is 0 Å². The second-order valence-electron chi connectivity index (χ2n) is 5.01. The van der Waals surface area contributed by atoms with Crippen molar-refractivity contribution in [3.05, 3.63) is 58.9 Å². The SMILES string of the molecule is CCCCc1ccc(NC(=S)Nc2ccc(F)c(Cl)c2)cc1. The molecule has 0 spiro atoms. The Balaban J connectivity index is 1.92. The minimum atomic E-state index is -0.450.